The van der Waals surface area contributed by atoms with E-state index in [0.29, 0.717) is 11.3 Å². The maximum absolute atomic E-state index is 12.8. The minimum Gasteiger partial charge on any atom is -0.465 e. The van der Waals surface area contributed by atoms with Crippen molar-refractivity contribution in [2.24, 2.45) is 0 Å². The van der Waals surface area contributed by atoms with E-state index in [9.17, 15) is 9.59 Å². The van der Waals surface area contributed by atoms with E-state index in [0.717, 1.165) is 25.7 Å². The minimum atomic E-state index is -0.320. The molecule has 0 bridgehead atoms. The van der Waals surface area contributed by atoms with Crippen LogP contribution < -0.4 is 10.6 Å². The van der Waals surface area contributed by atoms with Crippen molar-refractivity contribution in [3.8, 4) is 0 Å². The molecule has 1 aromatic heterocycles. The number of rotatable bonds is 5. The first-order valence-corrected chi connectivity index (χ1v) is 9.15. The van der Waals surface area contributed by atoms with Crippen molar-refractivity contribution in [3.05, 3.63) is 65.7 Å². The molecule has 1 aromatic carbocycles. The zero-order chi connectivity index (χ0) is 18.2. The van der Waals surface area contributed by atoms with Crippen LogP contribution in [0.15, 0.2) is 58.8 Å². The van der Waals surface area contributed by atoms with Gasteiger partial charge in [0, 0.05) is 17.7 Å². The smallest absolute Gasteiger partial charge is 0.268 e. The highest BCUT2D eigenvalue weighted by Crippen LogP contribution is 2.18. The first kappa shape index (κ1) is 18.0. The van der Waals surface area contributed by atoms with Gasteiger partial charge in [0.15, 0.2) is 0 Å². The lowest BCUT2D eigenvalue weighted by molar-refractivity contribution is -0.118. The summed E-state index contributed by atoms with van der Waals surface area (Å²) in [6.45, 7) is 0. The molecular weight excluding hydrogens is 328 g/mol. The second-order valence-corrected chi connectivity index (χ2v) is 6.56. The van der Waals surface area contributed by atoms with Crippen molar-refractivity contribution in [1.82, 2.24) is 10.6 Å². The van der Waals surface area contributed by atoms with Gasteiger partial charge in [-0.1, -0.05) is 43.9 Å². The summed E-state index contributed by atoms with van der Waals surface area (Å²) in [5.74, 6) is -0.0821. The van der Waals surface area contributed by atoms with E-state index in [4.69, 9.17) is 4.42 Å². The van der Waals surface area contributed by atoms with Gasteiger partial charge < -0.3 is 15.1 Å². The number of hydrogen-bond acceptors (Lipinski definition) is 3. The van der Waals surface area contributed by atoms with E-state index in [1.54, 1.807) is 42.5 Å². The van der Waals surface area contributed by atoms with E-state index in [1.807, 2.05) is 6.07 Å². The molecule has 0 radical (unpaired) electrons. The first-order valence-electron chi connectivity index (χ1n) is 9.15. The SMILES string of the molecule is O=C(NC1CCCCCC1)/C(=C/c1ccco1)NC(=O)c1ccccc1. The summed E-state index contributed by atoms with van der Waals surface area (Å²) in [6, 6.07) is 12.5. The highest BCUT2D eigenvalue weighted by atomic mass is 16.3. The van der Waals surface area contributed by atoms with E-state index >= 15 is 0 Å². The molecule has 2 amide bonds. The average molecular weight is 352 g/mol. The zero-order valence-electron chi connectivity index (χ0n) is 14.7. The van der Waals surface area contributed by atoms with Crippen LogP contribution in [0.2, 0.25) is 0 Å². The van der Waals surface area contributed by atoms with Gasteiger partial charge in [-0.3, -0.25) is 9.59 Å². The topological polar surface area (TPSA) is 71.3 Å². The molecule has 5 nitrogen and oxygen atoms in total. The Morgan fingerprint density at radius 3 is 2.35 bits per heavy atom. The van der Waals surface area contributed by atoms with Crippen LogP contribution in [0.1, 0.15) is 54.6 Å². The van der Waals surface area contributed by atoms with Crippen LogP contribution in [0, 0.1) is 0 Å². The molecule has 2 N–H and O–H groups in total. The van der Waals surface area contributed by atoms with Gasteiger partial charge in [-0.05, 0) is 37.1 Å². The maximum atomic E-state index is 12.8. The van der Waals surface area contributed by atoms with Gasteiger partial charge in [0.25, 0.3) is 11.8 Å². The lowest BCUT2D eigenvalue weighted by atomic mass is 10.1. The van der Waals surface area contributed by atoms with E-state index < -0.39 is 0 Å². The van der Waals surface area contributed by atoms with E-state index in [2.05, 4.69) is 10.6 Å². The average Bonchev–Trinajstić information content (AvgIpc) is 3.04. The van der Waals surface area contributed by atoms with Gasteiger partial charge >= 0.3 is 0 Å². The molecule has 0 aliphatic heterocycles. The first-order chi connectivity index (χ1) is 12.7. The molecule has 136 valence electrons. The third-order valence-corrected chi connectivity index (χ3v) is 4.55. The Morgan fingerprint density at radius 2 is 1.69 bits per heavy atom. The van der Waals surface area contributed by atoms with Crippen LogP contribution in [-0.2, 0) is 4.79 Å². The molecule has 1 aliphatic rings. The summed E-state index contributed by atoms with van der Waals surface area (Å²) in [7, 11) is 0. The van der Waals surface area contributed by atoms with Gasteiger partial charge in [-0.15, -0.1) is 0 Å². The molecule has 5 heteroatoms. The van der Waals surface area contributed by atoms with E-state index in [-0.39, 0.29) is 23.6 Å². The van der Waals surface area contributed by atoms with Crippen molar-refractivity contribution >= 4 is 17.9 Å². The Kier molecular flexibility index (Phi) is 6.25. The van der Waals surface area contributed by atoms with Crippen molar-refractivity contribution in [1.29, 1.82) is 0 Å². The third kappa shape index (κ3) is 5.09. The van der Waals surface area contributed by atoms with Gasteiger partial charge in [-0.2, -0.15) is 0 Å². The summed E-state index contributed by atoms with van der Waals surface area (Å²) < 4.78 is 5.30. The molecular formula is C21H24N2O3. The molecule has 0 saturated heterocycles. The van der Waals surface area contributed by atoms with Crippen molar-refractivity contribution < 1.29 is 14.0 Å². The van der Waals surface area contributed by atoms with Crippen LogP contribution in [0.4, 0.5) is 0 Å². The number of amides is 2. The van der Waals surface area contributed by atoms with Crippen LogP contribution in [0.25, 0.3) is 6.08 Å². The fraction of sp³-hybridized carbons (Fsp3) is 0.333. The van der Waals surface area contributed by atoms with Crippen molar-refractivity contribution in [3.63, 3.8) is 0 Å². The maximum Gasteiger partial charge on any atom is 0.268 e. The van der Waals surface area contributed by atoms with Crippen LogP contribution >= 0.6 is 0 Å². The molecule has 0 spiro atoms. The van der Waals surface area contributed by atoms with E-state index in [1.165, 1.54) is 19.1 Å². The lowest BCUT2D eigenvalue weighted by Crippen LogP contribution is -2.40. The lowest BCUT2D eigenvalue weighted by Gasteiger charge is -2.18. The fourth-order valence-electron chi connectivity index (χ4n) is 3.14. The monoisotopic (exact) mass is 352 g/mol. The molecule has 1 saturated carbocycles. The number of hydrogen-bond donors (Lipinski definition) is 2. The largest absolute Gasteiger partial charge is 0.465 e. The highest BCUT2D eigenvalue weighted by Gasteiger charge is 2.19. The molecule has 1 aliphatic carbocycles. The number of carbonyl (C=O) groups excluding carboxylic acids is 2. The standard InChI is InChI=1S/C21H24N2O3/c24-20(16-9-4-3-5-10-16)23-19(15-18-13-8-14-26-18)21(25)22-17-11-6-1-2-7-12-17/h3-5,8-10,13-15,17H,1-2,6-7,11-12H2,(H,22,25)(H,23,24)/b19-15-. The van der Waals surface area contributed by atoms with Crippen LogP contribution in [0.5, 0.6) is 0 Å². The van der Waals surface area contributed by atoms with Crippen molar-refractivity contribution in [2.45, 2.75) is 44.6 Å². The molecule has 1 heterocycles. The Bertz CT molecular complexity index is 743. The molecule has 1 fully saturated rings. The predicted molar refractivity (Wildman–Crippen MR) is 100 cm³/mol. The summed E-state index contributed by atoms with van der Waals surface area (Å²) in [6.07, 6.45) is 9.73. The third-order valence-electron chi connectivity index (χ3n) is 4.55. The second-order valence-electron chi connectivity index (χ2n) is 6.56. The fourth-order valence-corrected chi connectivity index (χ4v) is 3.14. The summed E-state index contributed by atoms with van der Waals surface area (Å²) >= 11 is 0. The second kappa shape index (κ2) is 9.04. The van der Waals surface area contributed by atoms with Gasteiger partial charge in [0.05, 0.1) is 6.26 Å². The Morgan fingerprint density at radius 1 is 0.962 bits per heavy atom. The van der Waals surface area contributed by atoms with Crippen LogP contribution in [-0.4, -0.2) is 17.9 Å². The molecule has 3 rings (SSSR count). The quantitative estimate of drug-likeness (QED) is 0.633. The minimum absolute atomic E-state index is 0.152. The number of benzene rings is 1. The molecule has 0 atom stereocenters. The summed E-state index contributed by atoms with van der Waals surface area (Å²) in [5.41, 5.74) is 0.693. The Labute approximate surface area is 153 Å². The van der Waals surface area contributed by atoms with Gasteiger partial charge in [0.2, 0.25) is 0 Å². The molecule has 0 unspecified atom stereocenters. The predicted octanol–water partition coefficient (Wildman–Crippen LogP) is 3.89. The Hall–Kier alpha value is -2.82. The Balaban J connectivity index is 1.74. The number of carbonyl (C=O) groups is 2. The van der Waals surface area contributed by atoms with Crippen LogP contribution in [0.3, 0.4) is 0 Å². The normalized spacial score (nSPS) is 15.9. The molecule has 26 heavy (non-hydrogen) atoms. The zero-order valence-corrected chi connectivity index (χ0v) is 14.7. The highest BCUT2D eigenvalue weighted by molar-refractivity contribution is 6.05. The summed E-state index contributed by atoms with van der Waals surface area (Å²) in [4.78, 5) is 25.3. The number of furan rings is 1. The number of nitrogens with one attached hydrogen (secondary N) is 2. The van der Waals surface area contributed by atoms with Crippen molar-refractivity contribution in [2.75, 3.05) is 0 Å². The van der Waals surface area contributed by atoms with Gasteiger partial charge in [-0.25, -0.2) is 0 Å². The summed E-state index contributed by atoms with van der Waals surface area (Å²) in [5, 5.41) is 5.79. The van der Waals surface area contributed by atoms with Gasteiger partial charge in [0.1, 0.15) is 11.5 Å². The molecule has 2 aromatic rings.